The van der Waals surface area contributed by atoms with Crippen molar-refractivity contribution in [3.63, 3.8) is 0 Å². The van der Waals surface area contributed by atoms with Crippen molar-refractivity contribution >= 4 is 0 Å². The van der Waals surface area contributed by atoms with Crippen LogP contribution in [0.4, 0.5) is 0 Å². The van der Waals surface area contributed by atoms with Crippen molar-refractivity contribution in [3.8, 4) is 0 Å². The molecule has 1 rings (SSSR count). The van der Waals surface area contributed by atoms with E-state index in [0.717, 1.165) is 25.1 Å². The maximum absolute atomic E-state index is 5.03. The third kappa shape index (κ3) is 2.58. The standard InChI is InChI=1S/C11H20N2O/c1-5-9(2)13-10(3)8-11(12-13)6-7-14-4/h8-9H,5-7H2,1-4H3. The first-order chi connectivity index (χ1) is 6.69. The number of rotatable bonds is 5. The van der Waals surface area contributed by atoms with Crippen molar-refractivity contribution in [1.82, 2.24) is 9.78 Å². The Kier molecular flexibility index (Phi) is 4.14. The molecular weight excluding hydrogens is 176 g/mol. The van der Waals surface area contributed by atoms with Crippen LogP contribution in [0.15, 0.2) is 6.07 Å². The first-order valence-electron chi connectivity index (χ1n) is 5.23. The van der Waals surface area contributed by atoms with E-state index in [4.69, 9.17) is 4.74 Å². The number of nitrogens with zero attached hydrogens (tertiary/aromatic N) is 2. The molecule has 0 bridgehead atoms. The fourth-order valence-electron chi connectivity index (χ4n) is 1.50. The second-order valence-corrected chi connectivity index (χ2v) is 3.72. The van der Waals surface area contributed by atoms with Crippen LogP contribution < -0.4 is 0 Å². The molecule has 1 aromatic rings. The third-order valence-corrected chi connectivity index (χ3v) is 2.54. The second-order valence-electron chi connectivity index (χ2n) is 3.72. The van der Waals surface area contributed by atoms with Gasteiger partial charge in [0, 0.05) is 25.3 Å². The molecule has 0 amide bonds. The minimum atomic E-state index is 0.492. The number of methoxy groups -OCH3 is 1. The van der Waals surface area contributed by atoms with Crippen molar-refractivity contribution in [2.75, 3.05) is 13.7 Å². The van der Waals surface area contributed by atoms with Gasteiger partial charge in [0.05, 0.1) is 12.3 Å². The highest BCUT2D eigenvalue weighted by Gasteiger charge is 2.08. The van der Waals surface area contributed by atoms with Gasteiger partial charge in [-0.25, -0.2) is 0 Å². The van der Waals surface area contributed by atoms with E-state index in [1.165, 1.54) is 5.69 Å². The first kappa shape index (κ1) is 11.2. The molecule has 1 unspecified atom stereocenters. The van der Waals surface area contributed by atoms with Crippen LogP contribution in [0.25, 0.3) is 0 Å². The molecule has 0 spiro atoms. The lowest BCUT2D eigenvalue weighted by atomic mass is 10.2. The summed E-state index contributed by atoms with van der Waals surface area (Å²) in [5.74, 6) is 0. The van der Waals surface area contributed by atoms with Gasteiger partial charge in [-0.15, -0.1) is 0 Å². The summed E-state index contributed by atoms with van der Waals surface area (Å²) in [6.45, 7) is 7.23. The summed E-state index contributed by atoms with van der Waals surface area (Å²) in [7, 11) is 1.72. The molecule has 14 heavy (non-hydrogen) atoms. The normalized spacial score (nSPS) is 13.1. The largest absolute Gasteiger partial charge is 0.384 e. The lowest BCUT2D eigenvalue weighted by Gasteiger charge is -2.10. The van der Waals surface area contributed by atoms with E-state index in [1.807, 2.05) is 0 Å². The van der Waals surface area contributed by atoms with Gasteiger partial charge in [-0.2, -0.15) is 5.10 Å². The van der Waals surface area contributed by atoms with Crippen LogP contribution in [-0.4, -0.2) is 23.5 Å². The molecule has 1 heterocycles. The zero-order valence-corrected chi connectivity index (χ0v) is 9.58. The molecule has 1 atom stereocenters. The van der Waals surface area contributed by atoms with Gasteiger partial charge in [0.25, 0.3) is 0 Å². The highest BCUT2D eigenvalue weighted by atomic mass is 16.5. The van der Waals surface area contributed by atoms with E-state index in [-0.39, 0.29) is 0 Å². The molecule has 0 N–H and O–H groups in total. The Bertz CT molecular complexity index is 281. The van der Waals surface area contributed by atoms with Gasteiger partial charge in [0.15, 0.2) is 0 Å². The molecule has 0 radical (unpaired) electrons. The molecule has 0 saturated heterocycles. The van der Waals surface area contributed by atoms with Gasteiger partial charge in [-0.1, -0.05) is 6.92 Å². The molecule has 0 saturated carbocycles. The van der Waals surface area contributed by atoms with Gasteiger partial charge >= 0.3 is 0 Å². The second kappa shape index (κ2) is 5.15. The summed E-state index contributed by atoms with van der Waals surface area (Å²) in [5, 5.41) is 4.55. The van der Waals surface area contributed by atoms with E-state index in [0.29, 0.717) is 6.04 Å². The van der Waals surface area contributed by atoms with Crippen LogP contribution in [0.2, 0.25) is 0 Å². The van der Waals surface area contributed by atoms with Crippen molar-refractivity contribution in [1.29, 1.82) is 0 Å². The zero-order valence-electron chi connectivity index (χ0n) is 9.58. The summed E-state index contributed by atoms with van der Waals surface area (Å²) in [4.78, 5) is 0. The average molecular weight is 196 g/mol. The van der Waals surface area contributed by atoms with Crippen LogP contribution in [0.1, 0.15) is 37.7 Å². The van der Waals surface area contributed by atoms with Crippen molar-refractivity contribution < 1.29 is 4.74 Å². The topological polar surface area (TPSA) is 27.1 Å². The average Bonchev–Trinajstić information content (AvgIpc) is 2.55. The molecular formula is C11H20N2O. The Balaban J connectivity index is 2.71. The fourth-order valence-corrected chi connectivity index (χ4v) is 1.50. The van der Waals surface area contributed by atoms with Gasteiger partial charge in [0.2, 0.25) is 0 Å². The Labute approximate surface area is 86.1 Å². The highest BCUT2D eigenvalue weighted by Crippen LogP contribution is 2.13. The van der Waals surface area contributed by atoms with Crippen molar-refractivity contribution in [2.45, 2.75) is 39.7 Å². The van der Waals surface area contributed by atoms with E-state index < -0.39 is 0 Å². The molecule has 3 nitrogen and oxygen atoms in total. The van der Waals surface area contributed by atoms with Crippen LogP contribution >= 0.6 is 0 Å². The Morgan fingerprint density at radius 3 is 2.86 bits per heavy atom. The summed E-state index contributed by atoms with van der Waals surface area (Å²) in [5.41, 5.74) is 2.37. The lowest BCUT2D eigenvalue weighted by molar-refractivity contribution is 0.201. The summed E-state index contributed by atoms with van der Waals surface area (Å²) in [6, 6.07) is 2.64. The number of hydrogen-bond donors (Lipinski definition) is 0. The molecule has 0 fully saturated rings. The Morgan fingerprint density at radius 1 is 1.57 bits per heavy atom. The summed E-state index contributed by atoms with van der Waals surface area (Å²) < 4.78 is 7.13. The third-order valence-electron chi connectivity index (χ3n) is 2.54. The van der Waals surface area contributed by atoms with Gasteiger partial charge in [-0.05, 0) is 26.3 Å². The van der Waals surface area contributed by atoms with Crippen molar-refractivity contribution in [2.24, 2.45) is 0 Å². The molecule has 0 aliphatic rings. The minimum absolute atomic E-state index is 0.492. The monoisotopic (exact) mass is 196 g/mol. The molecule has 80 valence electrons. The predicted molar refractivity (Wildman–Crippen MR) is 57.5 cm³/mol. The van der Waals surface area contributed by atoms with Gasteiger partial charge in [-0.3, -0.25) is 4.68 Å². The van der Waals surface area contributed by atoms with Gasteiger partial charge in [0.1, 0.15) is 0 Å². The number of aryl methyl sites for hydroxylation is 1. The molecule has 0 aliphatic carbocycles. The van der Waals surface area contributed by atoms with Crippen LogP contribution in [-0.2, 0) is 11.2 Å². The summed E-state index contributed by atoms with van der Waals surface area (Å²) >= 11 is 0. The van der Waals surface area contributed by atoms with Crippen LogP contribution in [0.3, 0.4) is 0 Å². The SMILES string of the molecule is CCC(C)n1nc(CCOC)cc1C. The van der Waals surface area contributed by atoms with E-state index >= 15 is 0 Å². The zero-order chi connectivity index (χ0) is 10.6. The van der Waals surface area contributed by atoms with E-state index in [9.17, 15) is 0 Å². The lowest BCUT2D eigenvalue weighted by Crippen LogP contribution is -2.08. The number of aromatic nitrogens is 2. The Hall–Kier alpha value is -0.830. The van der Waals surface area contributed by atoms with Gasteiger partial charge < -0.3 is 4.74 Å². The molecule has 1 aromatic heterocycles. The minimum Gasteiger partial charge on any atom is -0.384 e. The van der Waals surface area contributed by atoms with Crippen LogP contribution in [0, 0.1) is 6.92 Å². The number of hydrogen-bond acceptors (Lipinski definition) is 2. The van der Waals surface area contributed by atoms with E-state index in [1.54, 1.807) is 7.11 Å². The quantitative estimate of drug-likeness (QED) is 0.722. The maximum atomic E-state index is 5.03. The fraction of sp³-hybridized carbons (Fsp3) is 0.727. The maximum Gasteiger partial charge on any atom is 0.0650 e. The molecule has 0 aromatic carbocycles. The predicted octanol–water partition coefficient (Wildman–Crippen LogP) is 2.35. The van der Waals surface area contributed by atoms with Crippen molar-refractivity contribution in [3.05, 3.63) is 17.5 Å². The van der Waals surface area contributed by atoms with E-state index in [2.05, 4.69) is 36.6 Å². The molecule has 3 heteroatoms. The highest BCUT2D eigenvalue weighted by molar-refractivity contribution is 5.09. The Morgan fingerprint density at radius 2 is 2.29 bits per heavy atom. The summed E-state index contributed by atoms with van der Waals surface area (Å²) in [6.07, 6.45) is 2.02. The smallest absolute Gasteiger partial charge is 0.0650 e. The first-order valence-corrected chi connectivity index (χ1v) is 5.23. The number of ether oxygens (including phenoxy) is 1. The van der Waals surface area contributed by atoms with Crippen LogP contribution in [0.5, 0.6) is 0 Å². The molecule has 0 aliphatic heterocycles.